The Morgan fingerprint density at radius 1 is 0.765 bits per heavy atom. The van der Waals surface area contributed by atoms with Gasteiger partial charge in [-0.25, -0.2) is 26.4 Å². The highest BCUT2D eigenvalue weighted by Crippen LogP contribution is 2.54. The maximum absolute atomic E-state index is 14.6. The molecule has 276 valence electrons. The maximum Gasteiger partial charge on any atom is 0.430 e. The Kier molecular flexibility index (Phi) is 9.63. The van der Waals surface area contributed by atoms with E-state index in [4.69, 9.17) is 0 Å². The molecular formula is C34H32F9N3O4S. The Hall–Kier alpha value is -3.83. The Labute approximate surface area is 287 Å². The predicted molar refractivity (Wildman–Crippen MR) is 164 cm³/mol. The first-order chi connectivity index (χ1) is 23.9. The lowest BCUT2D eigenvalue weighted by Gasteiger charge is -2.38. The van der Waals surface area contributed by atoms with Gasteiger partial charge in [-0.05, 0) is 61.2 Å². The van der Waals surface area contributed by atoms with Gasteiger partial charge in [-0.15, -0.1) is 0 Å². The lowest BCUT2D eigenvalue weighted by molar-refractivity contribution is -0.392. The third kappa shape index (κ3) is 6.56. The van der Waals surface area contributed by atoms with Gasteiger partial charge in [-0.2, -0.15) is 26.3 Å². The molecule has 3 aromatic carbocycles. The van der Waals surface area contributed by atoms with Gasteiger partial charge in [0.1, 0.15) is 22.2 Å². The lowest BCUT2D eigenvalue weighted by atomic mass is 9.88. The third-order valence-electron chi connectivity index (χ3n) is 9.90. The zero-order valence-corrected chi connectivity index (χ0v) is 27.6. The number of amides is 2. The highest BCUT2D eigenvalue weighted by atomic mass is 32.2. The van der Waals surface area contributed by atoms with Crippen molar-refractivity contribution < 1.29 is 57.5 Å². The molecule has 6 rings (SSSR count). The number of piperazine rings is 1. The van der Waals surface area contributed by atoms with E-state index in [1.54, 1.807) is 4.90 Å². The molecular weight excluding hydrogens is 717 g/mol. The van der Waals surface area contributed by atoms with Crippen molar-refractivity contribution in [1.29, 1.82) is 0 Å². The molecule has 3 fully saturated rings. The average molecular weight is 750 g/mol. The summed E-state index contributed by atoms with van der Waals surface area (Å²) in [5.74, 6) is -3.62. The van der Waals surface area contributed by atoms with Gasteiger partial charge in [-0.1, -0.05) is 30.3 Å². The van der Waals surface area contributed by atoms with E-state index in [-0.39, 0.29) is 23.4 Å². The second-order valence-electron chi connectivity index (χ2n) is 12.9. The fraction of sp³-hybridized carbons (Fsp3) is 0.441. The van der Waals surface area contributed by atoms with Crippen LogP contribution in [-0.2, 0) is 31.5 Å². The largest absolute Gasteiger partial charge is 0.430 e. The predicted octanol–water partition coefficient (Wildman–Crippen LogP) is 6.92. The van der Waals surface area contributed by atoms with Crippen LogP contribution in [0, 0.1) is 17.5 Å². The normalized spacial score (nSPS) is 21.0. The van der Waals surface area contributed by atoms with Gasteiger partial charge in [0, 0.05) is 56.4 Å². The number of rotatable bonds is 8. The van der Waals surface area contributed by atoms with Crippen molar-refractivity contribution in [3.8, 4) is 0 Å². The van der Waals surface area contributed by atoms with E-state index >= 15 is 0 Å². The fourth-order valence-corrected chi connectivity index (χ4v) is 8.98. The molecule has 7 nitrogen and oxygen atoms in total. The van der Waals surface area contributed by atoms with E-state index in [2.05, 4.69) is 9.64 Å². The number of likely N-dealkylation sites (tertiary alicyclic amines) is 1. The lowest BCUT2D eigenvalue weighted by Crippen LogP contribution is -2.56. The fourth-order valence-electron chi connectivity index (χ4n) is 6.91. The average Bonchev–Trinajstić information content (AvgIpc) is 3.82. The van der Waals surface area contributed by atoms with Gasteiger partial charge in [0.25, 0.3) is 5.60 Å². The quantitative estimate of drug-likeness (QED) is 0.185. The van der Waals surface area contributed by atoms with Crippen molar-refractivity contribution in [3.63, 3.8) is 0 Å². The number of hydrogen-bond acceptors (Lipinski definition) is 5. The molecule has 0 bridgehead atoms. The van der Waals surface area contributed by atoms with Crippen molar-refractivity contribution in [2.75, 3.05) is 39.3 Å². The molecule has 0 spiro atoms. The molecule has 2 aliphatic heterocycles. The first kappa shape index (κ1) is 36.9. The summed E-state index contributed by atoms with van der Waals surface area (Å²) in [6, 6.07) is 8.25. The number of carbonyl (C=O) groups is 1. The number of nitrogens with zero attached hydrogens (tertiary/aromatic N) is 3. The number of benzene rings is 3. The van der Waals surface area contributed by atoms with Crippen LogP contribution >= 0.6 is 0 Å². The van der Waals surface area contributed by atoms with Crippen LogP contribution in [0.25, 0.3) is 0 Å². The molecule has 51 heavy (non-hydrogen) atoms. The van der Waals surface area contributed by atoms with Crippen LogP contribution < -0.4 is 0 Å². The molecule has 3 aliphatic rings. The second-order valence-corrected chi connectivity index (χ2v) is 15.2. The van der Waals surface area contributed by atoms with Gasteiger partial charge in [0.05, 0.1) is 11.5 Å². The van der Waals surface area contributed by atoms with Crippen LogP contribution in [-0.4, -0.2) is 86.8 Å². The number of carbonyl (C=O) groups excluding carboxylic acids is 1. The van der Waals surface area contributed by atoms with E-state index in [1.807, 2.05) is 0 Å². The van der Waals surface area contributed by atoms with Gasteiger partial charge < -0.3 is 14.5 Å². The summed E-state index contributed by atoms with van der Waals surface area (Å²) in [5, 5.41) is 0. The summed E-state index contributed by atoms with van der Waals surface area (Å²) < 4.78 is 161. The van der Waals surface area contributed by atoms with Gasteiger partial charge in [0.15, 0.2) is 9.84 Å². The number of halogens is 9. The molecule has 2 heterocycles. The minimum Gasteiger partial charge on any atom is -0.349 e. The summed E-state index contributed by atoms with van der Waals surface area (Å²) >= 11 is 0. The summed E-state index contributed by atoms with van der Waals surface area (Å²) in [7, 11) is -4.59. The summed E-state index contributed by atoms with van der Waals surface area (Å²) in [6.45, 7) is -0.365. The van der Waals surface area contributed by atoms with Crippen LogP contribution in [0.1, 0.15) is 36.0 Å². The van der Waals surface area contributed by atoms with Crippen LogP contribution in [0.4, 0.5) is 44.3 Å². The highest BCUT2D eigenvalue weighted by molar-refractivity contribution is 7.92. The molecule has 0 aromatic heterocycles. The highest BCUT2D eigenvalue weighted by Gasteiger charge is 2.73. The molecule has 1 atom stereocenters. The Morgan fingerprint density at radius 3 is 1.86 bits per heavy atom. The topological polar surface area (TPSA) is 70.2 Å². The number of urea groups is 1. The van der Waals surface area contributed by atoms with Crippen molar-refractivity contribution >= 4 is 15.9 Å². The molecule has 1 aliphatic carbocycles. The molecule has 1 unspecified atom stereocenters. The van der Waals surface area contributed by atoms with E-state index in [9.17, 15) is 52.7 Å². The van der Waals surface area contributed by atoms with E-state index in [1.165, 1.54) is 4.90 Å². The second kappa shape index (κ2) is 13.3. The SMILES string of the molecule is O=C(N1CCN(C2CC2)CC1)N1CCC(c2ccc(C(OCc3c(F)cccc3F)(C(F)(F)F)C(F)(F)F)cc2)(S(=O)(=O)c2ccc(F)cc2)C1. The molecule has 3 aromatic rings. The van der Waals surface area contributed by atoms with E-state index in [0.29, 0.717) is 56.5 Å². The molecule has 0 N–H and O–H groups in total. The van der Waals surface area contributed by atoms with Gasteiger partial charge in [0.2, 0.25) is 0 Å². The standard InChI is InChI=1S/C34H32F9N3O4S/c35-24-8-12-26(13-9-24)51(48,49)31(14-15-46(21-31)30(47)45-18-16-44(17-19-45)25-10-11-25)22-4-6-23(7-5-22)32(33(38,39)40,34(41,42)43)50-20-27-28(36)2-1-3-29(27)37/h1-9,12-13,25H,10-11,14-21H2. The first-order valence-electron chi connectivity index (χ1n) is 16.0. The molecule has 0 radical (unpaired) electrons. The minimum absolute atomic E-state index is 0.115. The van der Waals surface area contributed by atoms with Crippen molar-refractivity contribution in [1.82, 2.24) is 14.7 Å². The summed E-state index contributed by atoms with van der Waals surface area (Å²) in [6.07, 6.45) is -10.6. The first-order valence-corrected chi connectivity index (χ1v) is 17.5. The zero-order valence-electron chi connectivity index (χ0n) is 26.8. The van der Waals surface area contributed by atoms with Crippen molar-refractivity contribution in [3.05, 3.63) is 101 Å². The minimum atomic E-state index is -6.22. The van der Waals surface area contributed by atoms with Gasteiger partial charge in [-0.3, -0.25) is 4.90 Å². The molecule has 2 amide bonds. The number of sulfone groups is 1. The van der Waals surface area contributed by atoms with Crippen LogP contribution in [0.3, 0.4) is 0 Å². The smallest absolute Gasteiger partial charge is 0.349 e. The summed E-state index contributed by atoms with van der Waals surface area (Å²) in [4.78, 5) is 18.4. The Balaban J connectivity index is 1.38. The van der Waals surface area contributed by atoms with Crippen LogP contribution in [0.5, 0.6) is 0 Å². The van der Waals surface area contributed by atoms with Crippen molar-refractivity contribution in [2.24, 2.45) is 0 Å². The monoisotopic (exact) mass is 749 g/mol. The number of hydrogen-bond donors (Lipinski definition) is 0. The molecule has 17 heteroatoms. The van der Waals surface area contributed by atoms with Crippen LogP contribution in [0.15, 0.2) is 71.6 Å². The molecule has 2 saturated heterocycles. The van der Waals surface area contributed by atoms with Crippen LogP contribution in [0.2, 0.25) is 0 Å². The van der Waals surface area contributed by atoms with Gasteiger partial charge >= 0.3 is 18.4 Å². The summed E-state index contributed by atoms with van der Waals surface area (Å²) in [5.41, 5.74) is -8.02. The third-order valence-corrected chi connectivity index (χ3v) is 12.4. The Morgan fingerprint density at radius 2 is 1.33 bits per heavy atom. The van der Waals surface area contributed by atoms with E-state index in [0.717, 1.165) is 55.3 Å². The van der Waals surface area contributed by atoms with Crippen molar-refractivity contribution in [2.45, 2.75) is 59.5 Å². The number of alkyl halides is 6. The van der Waals surface area contributed by atoms with E-state index < -0.39 is 80.3 Å². The maximum atomic E-state index is 14.6. The number of ether oxygens (including phenoxy) is 1. The zero-order chi connectivity index (χ0) is 37.0. The Bertz CT molecular complexity index is 1830. The molecule has 1 saturated carbocycles.